The van der Waals surface area contributed by atoms with E-state index in [0.29, 0.717) is 27.1 Å². The number of hydrogen-bond donors (Lipinski definition) is 1. The lowest BCUT2D eigenvalue weighted by Gasteiger charge is -2.27. The monoisotopic (exact) mass is 458 g/mol. The SMILES string of the molecule is CCOC(=O)C1=C(C)OC(N)=C(C#N)C1c1cccc(OCc2ccc(Cl)c(Cl)c2)c1. The van der Waals surface area contributed by atoms with E-state index in [1.807, 2.05) is 6.07 Å². The molecule has 0 aromatic heterocycles. The number of nitrogens with zero attached hydrogens (tertiary/aromatic N) is 1. The summed E-state index contributed by atoms with van der Waals surface area (Å²) in [6, 6.07) is 14.4. The van der Waals surface area contributed by atoms with Crippen LogP contribution in [0.2, 0.25) is 10.0 Å². The first kappa shape index (κ1) is 22.5. The quantitative estimate of drug-likeness (QED) is 0.596. The number of esters is 1. The predicted molar refractivity (Wildman–Crippen MR) is 117 cm³/mol. The summed E-state index contributed by atoms with van der Waals surface area (Å²) in [4.78, 5) is 12.6. The van der Waals surface area contributed by atoms with Crippen LogP contribution in [0.1, 0.15) is 30.9 Å². The number of carbonyl (C=O) groups is 1. The van der Waals surface area contributed by atoms with Crippen molar-refractivity contribution in [3.63, 3.8) is 0 Å². The molecular formula is C23H20Cl2N2O4. The van der Waals surface area contributed by atoms with Gasteiger partial charge in [-0.05, 0) is 49.2 Å². The highest BCUT2D eigenvalue weighted by atomic mass is 35.5. The Bertz CT molecular complexity index is 1120. The Balaban J connectivity index is 1.93. The highest BCUT2D eigenvalue weighted by molar-refractivity contribution is 6.42. The van der Waals surface area contributed by atoms with Crippen LogP contribution in [-0.4, -0.2) is 12.6 Å². The van der Waals surface area contributed by atoms with Crippen LogP contribution < -0.4 is 10.5 Å². The van der Waals surface area contributed by atoms with Crippen molar-refractivity contribution in [2.75, 3.05) is 6.61 Å². The van der Waals surface area contributed by atoms with E-state index in [4.69, 9.17) is 43.1 Å². The lowest BCUT2D eigenvalue weighted by Crippen LogP contribution is -2.25. The van der Waals surface area contributed by atoms with Gasteiger partial charge in [-0.2, -0.15) is 5.26 Å². The summed E-state index contributed by atoms with van der Waals surface area (Å²) in [6.45, 7) is 3.78. The highest BCUT2D eigenvalue weighted by Gasteiger charge is 2.36. The molecule has 1 atom stereocenters. The minimum Gasteiger partial charge on any atom is -0.489 e. The van der Waals surface area contributed by atoms with Gasteiger partial charge in [0.05, 0.1) is 28.1 Å². The van der Waals surface area contributed by atoms with E-state index in [2.05, 4.69) is 6.07 Å². The lowest BCUT2D eigenvalue weighted by atomic mass is 9.83. The van der Waals surface area contributed by atoms with Crippen molar-refractivity contribution in [3.8, 4) is 11.8 Å². The number of nitriles is 1. The first-order valence-corrected chi connectivity index (χ1v) is 10.2. The van der Waals surface area contributed by atoms with Crippen LogP contribution in [-0.2, 0) is 20.9 Å². The molecule has 3 rings (SSSR count). The molecule has 0 bridgehead atoms. The van der Waals surface area contributed by atoms with Gasteiger partial charge in [0, 0.05) is 0 Å². The number of allylic oxidation sites excluding steroid dienone is 2. The van der Waals surface area contributed by atoms with Gasteiger partial charge >= 0.3 is 5.97 Å². The highest BCUT2D eigenvalue weighted by Crippen LogP contribution is 2.40. The molecule has 2 N–H and O–H groups in total. The Kier molecular flexibility index (Phi) is 7.11. The number of carbonyl (C=O) groups excluding carboxylic acids is 1. The average Bonchev–Trinajstić information content (AvgIpc) is 2.74. The van der Waals surface area contributed by atoms with Crippen molar-refractivity contribution >= 4 is 29.2 Å². The Morgan fingerprint density at radius 3 is 2.68 bits per heavy atom. The summed E-state index contributed by atoms with van der Waals surface area (Å²) in [7, 11) is 0. The largest absolute Gasteiger partial charge is 0.489 e. The van der Waals surface area contributed by atoms with Crippen molar-refractivity contribution in [3.05, 3.63) is 86.4 Å². The number of benzene rings is 2. The van der Waals surface area contributed by atoms with Crippen molar-refractivity contribution in [1.29, 1.82) is 5.26 Å². The zero-order valence-corrected chi connectivity index (χ0v) is 18.5. The van der Waals surface area contributed by atoms with E-state index in [9.17, 15) is 10.1 Å². The third kappa shape index (κ3) is 4.96. The van der Waals surface area contributed by atoms with Crippen LogP contribution in [0.4, 0.5) is 0 Å². The smallest absolute Gasteiger partial charge is 0.338 e. The summed E-state index contributed by atoms with van der Waals surface area (Å²) >= 11 is 12.0. The maximum Gasteiger partial charge on any atom is 0.338 e. The molecule has 1 aliphatic rings. The molecular weight excluding hydrogens is 439 g/mol. The second-order valence-electron chi connectivity index (χ2n) is 6.72. The minimum absolute atomic E-state index is 0.0415. The molecule has 2 aromatic carbocycles. The predicted octanol–water partition coefficient (Wildman–Crippen LogP) is 5.22. The molecule has 1 unspecified atom stereocenters. The Hall–Kier alpha value is -3.14. The topological polar surface area (TPSA) is 94.6 Å². The standard InChI is InChI=1S/C23H20Cl2N2O4/c1-3-29-23(28)20-13(2)31-22(27)17(11-26)21(20)15-5-4-6-16(10-15)30-12-14-7-8-18(24)19(25)9-14/h4-10,21H,3,12,27H2,1-2H3. The van der Waals surface area contributed by atoms with Gasteiger partial charge in [0.25, 0.3) is 0 Å². The summed E-state index contributed by atoms with van der Waals surface area (Å²) in [5, 5.41) is 10.6. The van der Waals surface area contributed by atoms with Gasteiger partial charge in [0.1, 0.15) is 29.8 Å². The van der Waals surface area contributed by atoms with Crippen LogP contribution in [0.25, 0.3) is 0 Å². The second-order valence-corrected chi connectivity index (χ2v) is 7.54. The number of nitrogens with two attached hydrogens (primary N) is 1. The van der Waals surface area contributed by atoms with Gasteiger partial charge in [-0.15, -0.1) is 0 Å². The minimum atomic E-state index is -0.730. The first-order valence-electron chi connectivity index (χ1n) is 9.47. The molecule has 6 nitrogen and oxygen atoms in total. The third-order valence-electron chi connectivity index (χ3n) is 4.68. The van der Waals surface area contributed by atoms with Gasteiger partial charge < -0.3 is 19.9 Å². The average molecular weight is 459 g/mol. The summed E-state index contributed by atoms with van der Waals surface area (Å²) < 4.78 is 16.5. The molecule has 31 heavy (non-hydrogen) atoms. The van der Waals surface area contributed by atoms with Crippen LogP contribution in [0.5, 0.6) is 5.75 Å². The molecule has 2 aromatic rings. The van der Waals surface area contributed by atoms with E-state index in [-0.39, 0.29) is 30.2 Å². The second kappa shape index (κ2) is 9.78. The van der Waals surface area contributed by atoms with E-state index in [1.165, 1.54) is 0 Å². The number of ether oxygens (including phenoxy) is 3. The van der Waals surface area contributed by atoms with Crippen molar-refractivity contribution in [1.82, 2.24) is 0 Å². The fraction of sp³-hybridized carbons (Fsp3) is 0.217. The van der Waals surface area contributed by atoms with Gasteiger partial charge in [0.2, 0.25) is 5.88 Å². The lowest BCUT2D eigenvalue weighted by molar-refractivity contribution is -0.139. The summed E-state index contributed by atoms with van der Waals surface area (Å²) in [5.74, 6) is -0.493. The summed E-state index contributed by atoms with van der Waals surface area (Å²) in [5.41, 5.74) is 7.80. The molecule has 0 saturated carbocycles. The molecule has 0 spiro atoms. The molecule has 1 heterocycles. The number of halogens is 2. The molecule has 0 radical (unpaired) electrons. The zero-order valence-electron chi connectivity index (χ0n) is 16.9. The van der Waals surface area contributed by atoms with Gasteiger partial charge in [-0.1, -0.05) is 41.4 Å². The Labute approximate surface area is 190 Å². The number of rotatable bonds is 6. The molecule has 8 heteroatoms. The van der Waals surface area contributed by atoms with E-state index >= 15 is 0 Å². The van der Waals surface area contributed by atoms with Crippen molar-refractivity contribution in [2.24, 2.45) is 5.73 Å². The van der Waals surface area contributed by atoms with Crippen LogP contribution in [0.15, 0.2) is 65.3 Å². The van der Waals surface area contributed by atoms with E-state index < -0.39 is 11.9 Å². The van der Waals surface area contributed by atoms with E-state index in [0.717, 1.165) is 5.56 Å². The molecule has 1 aliphatic heterocycles. The van der Waals surface area contributed by atoms with Crippen LogP contribution in [0.3, 0.4) is 0 Å². The molecule has 0 saturated heterocycles. The maximum atomic E-state index is 12.6. The molecule has 0 amide bonds. The zero-order chi connectivity index (χ0) is 22.5. The van der Waals surface area contributed by atoms with Gasteiger partial charge in [-0.3, -0.25) is 0 Å². The number of hydrogen-bond acceptors (Lipinski definition) is 6. The van der Waals surface area contributed by atoms with Crippen molar-refractivity contribution in [2.45, 2.75) is 26.4 Å². The molecule has 0 fully saturated rings. The van der Waals surface area contributed by atoms with Gasteiger partial charge in [0.15, 0.2) is 0 Å². The van der Waals surface area contributed by atoms with Gasteiger partial charge in [-0.25, -0.2) is 4.79 Å². The first-order chi connectivity index (χ1) is 14.8. The Morgan fingerprint density at radius 1 is 1.23 bits per heavy atom. The van der Waals surface area contributed by atoms with E-state index in [1.54, 1.807) is 50.2 Å². The van der Waals surface area contributed by atoms with Crippen molar-refractivity contribution < 1.29 is 19.0 Å². The third-order valence-corrected chi connectivity index (χ3v) is 5.42. The fourth-order valence-electron chi connectivity index (χ4n) is 3.27. The fourth-order valence-corrected chi connectivity index (χ4v) is 3.59. The maximum absolute atomic E-state index is 12.6. The normalized spacial score (nSPS) is 15.9. The molecule has 0 aliphatic carbocycles. The van der Waals surface area contributed by atoms with Crippen LogP contribution in [0, 0.1) is 11.3 Å². The van der Waals surface area contributed by atoms with Crippen LogP contribution >= 0.6 is 23.2 Å². The molecule has 160 valence electrons. The Morgan fingerprint density at radius 2 is 2.00 bits per heavy atom. The summed E-state index contributed by atoms with van der Waals surface area (Å²) in [6.07, 6.45) is 0.